The molecule has 1 aliphatic heterocycles. The monoisotopic (exact) mass is 291 g/mol. The molecular weight excluding hydrogens is 276 g/mol. The average molecular weight is 291 g/mol. The molecule has 110 valence electrons. The summed E-state index contributed by atoms with van der Waals surface area (Å²) in [6.45, 7) is 0.979. The standard InChI is InChI=1S/C16H15F2NO2/c17-12-5-6-14(18)13(9-12)11-3-1-7-19(10-11)16(20)15-4-2-8-21-15/h2,4-6,8-9,11H,1,3,7,10H2. The van der Waals surface area contributed by atoms with Crippen molar-refractivity contribution in [2.24, 2.45) is 0 Å². The fourth-order valence-corrected chi connectivity index (χ4v) is 2.80. The van der Waals surface area contributed by atoms with Gasteiger partial charge in [-0.25, -0.2) is 8.78 Å². The van der Waals surface area contributed by atoms with Crippen LogP contribution in [0.15, 0.2) is 41.0 Å². The van der Waals surface area contributed by atoms with Crippen LogP contribution in [0.3, 0.4) is 0 Å². The summed E-state index contributed by atoms with van der Waals surface area (Å²) in [6.07, 6.45) is 2.94. The molecule has 21 heavy (non-hydrogen) atoms. The lowest BCUT2D eigenvalue weighted by Gasteiger charge is -2.32. The van der Waals surface area contributed by atoms with Gasteiger partial charge in [-0.15, -0.1) is 0 Å². The number of halogens is 2. The Hall–Kier alpha value is -2.17. The molecule has 1 aliphatic rings. The van der Waals surface area contributed by atoms with Crippen LogP contribution in [0.2, 0.25) is 0 Å². The molecule has 1 atom stereocenters. The Bertz CT molecular complexity index is 640. The molecule has 0 radical (unpaired) electrons. The normalized spacial score (nSPS) is 18.8. The number of carbonyl (C=O) groups excluding carboxylic acids is 1. The molecule has 1 saturated heterocycles. The summed E-state index contributed by atoms with van der Waals surface area (Å²) in [4.78, 5) is 13.9. The van der Waals surface area contributed by atoms with E-state index in [4.69, 9.17) is 4.42 Å². The first-order valence-electron chi connectivity index (χ1n) is 6.93. The molecule has 0 spiro atoms. The van der Waals surface area contributed by atoms with Gasteiger partial charge in [0.25, 0.3) is 5.91 Å². The van der Waals surface area contributed by atoms with Gasteiger partial charge in [0.2, 0.25) is 0 Å². The molecular formula is C16H15F2NO2. The SMILES string of the molecule is O=C(c1ccco1)N1CCCC(c2cc(F)ccc2F)C1. The summed E-state index contributed by atoms with van der Waals surface area (Å²) in [6, 6.07) is 6.72. The van der Waals surface area contributed by atoms with Gasteiger partial charge in [0.1, 0.15) is 11.6 Å². The Morgan fingerprint density at radius 2 is 2.14 bits per heavy atom. The number of piperidine rings is 1. The third kappa shape index (κ3) is 2.82. The first kappa shape index (κ1) is 13.8. The van der Waals surface area contributed by atoms with Crippen molar-refractivity contribution in [1.29, 1.82) is 0 Å². The van der Waals surface area contributed by atoms with Crippen LogP contribution in [0.1, 0.15) is 34.9 Å². The highest BCUT2D eigenvalue weighted by Gasteiger charge is 2.28. The maximum atomic E-state index is 13.9. The van der Waals surface area contributed by atoms with Crippen molar-refractivity contribution >= 4 is 5.91 Å². The second-order valence-electron chi connectivity index (χ2n) is 5.23. The summed E-state index contributed by atoms with van der Waals surface area (Å²) >= 11 is 0. The van der Waals surface area contributed by atoms with Gasteiger partial charge in [0.05, 0.1) is 6.26 Å². The molecule has 1 aromatic carbocycles. The van der Waals surface area contributed by atoms with Crippen LogP contribution >= 0.6 is 0 Å². The molecule has 1 aromatic heterocycles. The quantitative estimate of drug-likeness (QED) is 0.847. The Kier molecular flexibility index (Phi) is 3.73. The lowest BCUT2D eigenvalue weighted by molar-refractivity contribution is 0.0673. The van der Waals surface area contributed by atoms with Gasteiger partial charge in [-0.2, -0.15) is 0 Å². The van der Waals surface area contributed by atoms with Crippen molar-refractivity contribution < 1.29 is 18.0 Å². The molecule has 0 N–H and O–H groups in total. The fraction of sp³-hybridized carbons (Fsp3) is 0.312. The Morgan fingerprint density at radius 3 is 2.90 bits per heavy atom. The number of hydrogen-bond acceptors (Lipinski definition) is 2. The number of likely N-dealkylation sites (tertiary alicyclic amines) is 1. The summed E-state index contributed by atoms with van der Waals surface area (Å²) in [7, 11) is 0. The topological polar surface area (TPSA) is 33.5 Å². The minimum Gasteiger partial charge on any atom is -0.459 e. The molecule has 2 aromatic rings. The molecule has 3 rings (SSSR count). The lowest BCUT2D eigenvalue weighted by Crippen LogP contribution is -2.39. The Morgan fingerprint density at radius 1 is 1.29 bits per heavy atom. The van der Waals surface area contributed by atoms with Gasteiger partial charge >= 0.3 is 0 Å². The average Bonchev–Trinajstić information content (AvgIpc) is 3.03. The molecule has 3 nitrogen and oxygen atoms in total. The Labute approximate surface area is 121 Å². The molecule has 1 fully saturated rings. The van der Waals surface area contributed by atoms with Crippen molar-refractivity contribution in [3.8, 4) is 0 Å². The lowest BCUT2D eigenvalue weighted by atomic mass is 9.90. The minimum absolute atomic E-state index is 0.187. The number of hydrogen-bond donors (Lipinski definition) is 0. The van der Waals surface area contributed by atoms with Crippen LogP contribution in [0, 0.1) is 11.6 Å². The smallest absolute Gasteiger partial charge is 0.289 e. The van der Waals surface area contributed by atoms with E-state index in [-0.39, 0.29) is 17.6 Å². The summed E-state index contributed by atoms with van der Waals surface area (Å²) in [5, 5.41) is 0. The predicted molar refractivity (Wildman–Crippen MR) is 72.9 cm³/mol. The van der Waals surface area contributed by atoms with Crippen LogP contribution in [0.4, 0.5) is 8.78 Å². The van der Waals surface area contributed by atoms with Crippen LogP contribution in [-0.2, 0) is 0 Å². The van der Waals surface area contributed by atoms with Crippen molar-refractivity contribution in [3.63, 3.8) is 0 Å². The Balaban J connectivity index is 1.80. The van der Waals surface area contributed by atoms with Gasteiger partial charge < -0.3 is 9.32 Å². The highest BCUT2D eigenvalue weighted by atomic mass is 19.1. The molecule has 2 heterocycles. The number of amides is 1. The summed E-state index contributed by atoms with van der Waals surface area (Å²) < 4.78 is 32.3. The number of benzene rings is 1. The molecule has 0 saturated carbocycles. The summed E-state index contributed by atoms with van der Waals surface area (Å²) in [5.74, 6) is -1.00. The van der Waals surface area contributed by atoms with Crippen LogP contribution < -0.4 is 0 Å². The van der Waals surface area contributed by atoms with E-state index in [0.29, 0.717) is 18.7 Å². The summed E-state index contributed by atoms with van der Waals surface area (Å²) in [5.41, 5.74) is 0.340. The second-order valence-corrected chi connectivity index (χ2v) is 5.23. The largest absolute Gasteiger partial charge is 0.459 e. The van der Waals surface area contributed by atoms with E-state index in [0.717, 1.165) is 25.0 Å². The molecule has 1 amide bonds. The van der Waals surface area contributed by atoms with E-state index >= 15 is 0 Å². The van der Waals surface area contributed by atoms with E-state index < -0.39 is 11.6 Å². The molecule has 5 heteroatoms. The number of carbonyl (C=O) groups is 1. The zero-order chi connectivity index (χ0) is 14.8. The zero-order valence-electron chi connectivity index (χ0n) is 11.4. The fourth-order valence-electron chi connectivity index (χ4n) is 2.80. The van der Waals surface area contributed by atoms with E-state index in [1.807, 2.05) is 0 Å². The highest BCUT2D eigenvalue weighted by Crippen LogP contribution is 2.30. The van der Waals surface area contributed by atoms with E-state index in [1.54, 1.807) is 17.0 Å². The molecule has 0 bridgehead atoms. The zero-order valence-corrected chi connectivity index (χ0v) is 11.4. The van der Waals surface area contributed by atoms with E-state index in [2.05, 4.69) is 0 Å². The highest BCUT2D eigenvalue weighted by molar-refractivity contribution is 5.91. The maximum Gasteiger partial charge on any atom is 0.289 e. The maximum absolute atomic E-state index is 13.9. The van der Waals surface area contributed by atoms with Crippen molar-refractivity contribution in [2.45, 2.75) is 18.8 Å². The van der Waals surface area contributed by atoms with Crippen molar-refractivity contribution in [1.82, 2.24) is 4.90 Å². The second kappa shape index (κ2) is 5.68. The first-order chi connectivity index (χ1) is 10.1. The minimum atomic E-state index is -0.458. The van der Waals surface area contributed by atoms with Gasteiger partial charge in [0.15, 0.2) is 5.76 Å². The predicted octanol–water partition coefficient (Wildman–Crippen LogP) is 3.58. The number of nitrogens with zero attached hydrogens (tertiary/aromatic N) is 1. The third-order valence-corrected chi connectivity index (χ3v) is 3.84. The van der Waals surface area contributed by atoms with Gasteiger partial charge in [-0.3, -0.25) is 4.79 Å². The number of furan rings is 1. The van der Waals surface area contributed by atoms with Gasteiger partial charge in [-0.1, -0.05) is 0 Å². The van der Waals surface area contributed by atoms with Crippen molar-refractivity contribution in [3.05, 3.63) is 59.6 Å². The van der Waals surface area contributed by atoms with Gasteiger partial charge in [0, 0.05) is 19.0 Å². The van der Waals surface area contributed by atoms with Crippen LogP contribution in [-0.4, -0.2) is 23.9 Å². The first-order valence-corrected chi connectivity index (χ1v) is 6.93. The van der Waals surface area contributed by atoms with Crippen LogP contribution in [0.5, 0.6) is 0 Å². The van der Waals surface area contributed by atoms with E-state index in [1.165, 1.54) is 12.3 Å². The van der Waals surface area contributed by atoms with Gasteiger partial charge in [-0.05, 0) is 48.7 Å². The third-order valence-electron chi connectivity index (χ3n) is 3.84. The number of rotatable bonds is 2. The molecule has 0 aliphatic carbocycles. The van der Waals surface area contributed by atoms with E-state index in [9.17, 15) is 13.6 Å². The van der Waals surface area contributed by atoms with Crippen molar-refractivity contribution in [2.75, 3.05) is 13.1 Å². The molecule has 1 unspecified atom stereocenters. The van der Waals surface area contributed by atoms with Crippen LogP contribution in [0.25, 0.3) is 0 Å².